The molecule has 1 aromatic carbocycles. The van der Waals surface area contributed by atoms with Gasteiger partial charge in [0.1, 0.15) is 18.4 Å². The van der Waals surface area contributed by atoms with E-state index in [0.29, 0.717) is 33.1 Å². The molecular weight excluding hydrogens is 382 g/mol. The number of nitrogens with one attached hydrogen (secondary N) is 1. The van der Waals surface area contributed by atoms with Crippen LogP contribution in [0.1, 0.15) is 50.6 Å². The van der Waals surface area contributed by atoms with Crippen LogP contribution in [0.5, 0.6) is 0 Å². The second-order valence-electron chi connectivity index (χ2n) is 6.06. The lowest BCUT2D eigenvalue weighted by molar-refractivity contribution is -0.681. The molecule has 2 aromatic rings. The van der Waals surface area contributed by atoms with Crippen molar-refractivity contribution in [2.75, 3.05) is 13.7 Å². The summed E-state index contributed by atoms with van der Waals surface area (Å²) < 4.78 is 18.4. The molecule has 0 unspecified atom stereocenters. The van der Waals surface area contributed by atoms with Gasteiger partial charge in [-0.2, -0.15) is 0 Å². The summed E-state index contributed by atoms with van der Waals surface area (Å²) in [6, 6.07) is 2.37. The fourth-order valence-corrected chi connectivity index (χ4v) is 3.39. The Labute approximate surface area is 160 Å². The van der Waals surface area contributed by atoms with E-state index in [2.05, 4.69) is 4.98 Å². The summed E-state index contributed by atoms with van der Waals surface area (Å²) in [7, 11) is 1.29. The molecule has 26 heavy (non-hydrogen) atoms. The number of nitrogens with two attached hydrogens (primary N) is 1. The van der Waals surface area contributed by atoms with Crippen molar-refractivity contribution < 1.29 is 24.0 Å². The van der Waals surface area contributed by atoms with Gasteiger partial charge in [-0.05, 0) is 38.5 Å². The molecule has 5 nitrogen and oxygen atoms in total. The molecule has 0 spiro atoms. The number of halogens is 3. The van der Waals surface area contributed by atoms with Crippen molar-refractivity contribution in [3.63, 3.8) is 0 Å². The van der Waals surface area contributed by atoms with Crippen LogP contribution in [0, 0.1) is 19.7 Å². The minimum absolute atomic E-state index is 0.0464. The van der Waals surface area contributed by atoms with Crippen LogP contribution in [-0.4, -0.2) is 30.4 Å². The van der Waals surface area contributed by atoms with Crippen LogP contribution in [0.25, 0.3) is 0 Å². The zero-order valence-corrected chi connectivity index (χ0v) is 16.4. The number of ether oxygens (including phenoxy) is 1. The number of esters is 1. The Balaban J connectivity index is 2.14. The fraction of sp³-hybridized carbons (Fsp3) is 0.333. The summed E-state index contributed by atoms with van der Waals surface area (Å²) in [5.41, 5.74) is 2.41. The molecule has 0 amide bonds. The van der Waals surface area contributed by atoms with Crippen LogP contribution < -0.4 is 5.32 Å². The van der Waals surface area contributed by atoms with Crippen LogP contribution in [0.3, 0.4) is 0 Å². The number of ketones is 1. The number of aromatic amines is 1. The van der Waals surface area contributed by atoms with Crippen molar-refractivity contribution in [3.8, 4) is 0 Å². The lowest BCUT2D eigenvalue weighted by Crippen LogP contribution is -2.86. The van der Waals surface area contributed by atoms with Gasteiger partial charge in [-0.15, -0.1) is 0 Å². The van der Waals surface area contributed by atoms with Crippen LogP contribution >= 0.6 is 23.2 Å². The fourth-order valence-electron chi connectivity index (χ4n) is 2.84. The zero-order chi connectivity index (χ0) is 19.6. The molecule has 0 saturated heterocycles. The first-order valence-electron chi connectivity index (χ1n) is 7.95. The smallest absolute Gasteiger partial charge is 0.339 e. The van der Waals surface area contributed by atoms with Crippen molar-refractivity contribution >= 4 is 35.0 Å². The van der Waals surface area contributed by atoms with E-state index in [1.807, 2.05) is 6.92 Å². The molecule has 3 N–H and O–H groups in total. The number of carbonyl (C=O) groups excluding carboxylic acids is 2. The first-order chi connectivity index (χ1) is 12.2. The highest BCUT2D eigenvalue weighted by Gasteiger charge is 2.24. The summed E-state index contributed by atoms with van der Waals surface area (Å²) in [5.74, 6) is -1.23. The maximum Gasteiger partial charge on any atom is 0.339 e. The van der Waals surface area contributed by atoms with Gasteiger partial charge in [-0.3, -0.25) is 4.79 Å². The topological polar surface area (TPSA) is 75.8 Å². The maximum absolute atomic E-state index is 13.7. The molecule has 1 atom stereocenters. The number of rotatable bonds is 6. The van der Waals surface area contributed by atoms with E-state index in [0.717, 1.165) is 0 Å². The van der Waals surface area contributed by atoms with E-state index in [1.165, 1.54) is 19.2 Å². The Hall–Kier alpha value is -1.89. The highest BCUT2D eigenvalue weighted by Crippen LogP contribution is 2.27. The van der Waals surface area contributed by atoms with E-state index in [9.17, 15) is 14.0 Å². The summed E-state index contributed by atoms with van der Waals surface area (Å²) in [6.07, 6.45) is 0. The molecule has 0 aliphatic carbocycles. The Kier molecular flexibility index (Phi) is 6.44. The minimum atomic E-state index is -0.559. The number of hydrogen-bond donors (Lipinski definition) is 2. The Morgan fingerprint density at radius 3 is 2.54 bits per heavy atom. The second-order valence-corrected chi connectivity index (χ2v) is 6.87. The Bertz CT molecular complexity index is 865. The van der Waals surface area contributed by atoms with E-state index < -0.39 is 11.8 Å². The van der Waals surface area contributed by atoms with Gasteiger partial charge in [0.15, 0.2) is 0 Å². The number of benzene rings is 1. The summed E-state index contributed by atoms with van der Waals surface area (Å²) in [6.45, 7) is 5.31. The van der Waals surface area contributed by atoms with E-state index in [-0.39, 0.29) is 23.4 Å². The molecule has 0 fully saturated rings. The van der Waals surface area contributed by atoms with Gasteiger partial charge in [-0.25, -0.2) is 9.18 Å². The second kappa shape index (κ2) is 8.20. The normalized spacial score (nSPS) is 12.1. The average molecular weight is 402 g/mol. The van der Waals surface area contributed by atoms with E-state index in [4.69, 9.17) is 27.9 Å². The van der Waals surface area contributed by atoms with Crippen LogP contribution in [0.4, 0.5) is 4.39 Å². The number of quaternary nitrogens is 1. The molecule has 0 radical (unpaired) electrons. The number of carbonyl (C=O) groups is 2. The van der Waals surface area contributed by atoms with Gasteiger partial charge in [0.05, 0.1) is 28.4 Å². The van der Waals surface area contributed by atoms with Crippen LogP contribution in [0.15, 0.2) is 12.1 Å². The van der Waals surface area contributed by atoms with E-state index >= 15 is 0 Å². The molecule has 2 rings (SSSR count). The molecule has 1 heterocycles. The standard InChI is InChI=1S/C18H19Cl2FN2O3/c1-8-16(18(25)26-4)10(3)23-17(8)15(24)7-22-9(2)11-5-14(21)13(20)6-12(11)19/h5-6,9,22-23H,7H2,1-4H3/p+1/t9-/m0/s1. The van der Waals surface area contributed by atoms with Crippen molar-refractivity contribution in [2.45, 2.75) is 26.8 Å². The highest BCUT2D eigenvalue weighted by molar-refractivity contribution is 6.35. The SMILES string of the molecule is COC(=O)c1c(C)[nH]c(C(=O)C[NH2+][C@@H](C)c2cc(F)c(Cl)cc2Cl)c1C. The third-order valence-corrected chi connectivity index (χ3v) is 4.91. The molecule has 0 saturated carbocycles. The largest absolute Gasteiger partial charge is 0.465 e. The van der Waals surface area contributed by atoms with Crippen LogP contribution in [-0.2, 0) is 4.74 Å². The molecule has 0 aliphatic rings. The van der Waals surface area contributed by atoms with Crippen molar-refractivity contribution in [3.05, 3.63) is 56.1 Å². The molecule has 0 bridgehead atoms. The highest BCUT2D eigenvalue weighted by atomic mass is 35.5. The van der Waals surface area contributed by atoms with Crippen molar-refractivity contribution in [2.24, 2.45) is 0 Å². The molecule has 140 valence electrons. The van der Waals surface area contributed by atoms with Crippen LogP contribution in [0.2, 0.25) is 10.0 Å². The number of methoxy groups -OCH3 is 1. The predicted molar refractivity (Wildman–Crippen MR) is 97.6 cm³/mol. The van der Waals surface area contributed by atoms with Crippen molar-refractivity contribution in [1.82, 2.24) is 4.98 Å². The molecular formula is C18H20Cl2FN2O3+. The summed E-state index contributed by atoms with van der Waals surface area (Å²) in [4.78, 5) is 27.3. The third-order valence-electron chi connectivity index (χ3n) is 4.29. The first kappa shape index (κ1) is 20.4. The van der Waals surface area contributed by atoms with Crippen molar-refractivity contribution in [1.29, 1.82) is 0 Å². The predicted octanol–water partition coefficient (Wildman–Crippen LogP) is 3.37. The first-order valence-corrected chi connectivity index (χ1v) is 8.71. The Morgan fingerprint density at radius 2 is 1.92 bits per heavy atom. The number of aromatic nitrogens is 1. The molecule has 8 heteroatoms. The number of hydrogen-bond acceptors (Lipinski definition) is 3. The number of aryl methyl sites for hydroxylation is 1. The summed E-state index contributed by atoms with van der Waals surface area (Å²) in [5, 5.41) is 2.03. The summed E-state index contributed by atoms with van der Waals surface area (Å²) >= 11 is 11.8. The third kappa shape index (κ3) is 4.09. The van der Waals surface area contributed by atoms with Gasteiger partial charge in [0.2, 0.25) is 5.78 Å². The Morgan fingerprint density at radius 1 is 1.27 bits per heavy atom. The van der Waals surface area contributed by atoms with Gasteiger partial charge >= 0.3 is 5.97 Å². The monoisotopic (exact) mass is 401 g/mol. The zero-order valence-electron chi connectivity index (χ0n) is 14.9. The van der Waals surface area contributed by atoms with Gasteiger partial charge in [0, 0.05) is 11.3 Å². The number of Topliss-reactive ketones (excluding diaryl/α,β-unsaturated/α-hetero) is 1. The quantitative estimate of drug-likeness (QED) is 0.442. The minimum Gasteiger partial charge on any atom is -0.465 e. The van der Waals surface area contributed by atoms with Gasteiger partial charge < -0.3 is 15.0 Å². The lowest BCUT2D eigenvalue weighted by atomic mass is 10.1. The average Bonchev–Trinajstić information content (AvgIpc) is 2.89. The van der Waals surface area contributed by atoms with Gasteiger partial charge in [0.25, 0.3) is 0 Å². The van der Waals surface area contributed by atoms with E-state index in [1.54, 1.807) is 19.2 Å². The molecule has 0 aliphatic heterocycles. The maximum atomic E-state index is 13.7. The lowest BCUT2D eigenvalue weighted by Gasteiger charge is -2.13. The van der Waals surface area contributed by atoms with Gasteiger partial charge in [-0.1, -0.05) is 23.2 Å². The number of H-pyrrole nitrogens is 1. The molecule has 1 aromatic heterocycles.